The number of benzene rings is 1. The van der Waals surface area contributed by atoms with E-state index in [4.69, 9.17) is 27.2 Å². The standard InChI is InChI=1S/C48H66ClN5O11S.2C3H8.CH4/c1-26-11-10-12-28(3)48(62)24-35(63-46(61)51-48)29(4)42-47(6,65-42)37(23-39(56)53(9)34-21-32(19-26)20-27(2)41(34)49)64-45(60)30(5)52(8)38(55)17-18-66-36-22-40(57)54(44(36)59)25-31-13-15-33(16-14-31)43(58)50-7;2*1-3-2;/h10-12,20-21,28-31,33,35-37,42,62H,13-19,22-25H2,1-9H3,(H,50,58)(H,51,61);2*3H2,1-2H3;1H4/b12-10+,26-11+;;;/t28-,29-,30+,31?,33?,35+,36?,37+,42+,47+,48+;;;/m1.../s1/i;;;1D. The first-order valence-corrected chi connectivity index (χ1v) is 27.2. The molecule has 6 rings (SSSR count). The summed E-state index contributed by atoms with van der Waals surface area (Å²) in [6, 6.07) is 2.72. The molecule has 0 spiro atoms. The van der Waals surface area contributed by atoms with Crippen LogP contribution >= 0.6 is 23.4 Å². The van der Waals surface area contributed by atoms with Gasteiger partial charge >= 0.3 is 12.1 Å². The molecule has 0 aromatic heterocycles. The molecule has 1 aliphatic carbocycles. The van der Waals surface area contributed by atoms with E-state index in [2.05, 4.69) is 38.3 Å². The molecule has 3 N–H and O–H groups in total. The van der Waals surface area contributed by atoms with Gasteiger partial charge in [-0.05, 0) is 82.9 Å². The topological polar surface area (TPSA) is 204 Å². The number of thioether (sulfide) groups is 1. The van der Waals surface area contributed by atoms with Gasteiger partial charge in [0.25, 0.3) is 0 Å². The maximum atomic E-state index is 14.3. The first-order valence-electron chi connectivity index (χ1n) is 26.8. The number of likely N-dealkylation sites (tertiary alicyclic amines) is 1. The Bertz CT molecular complexity index is 2190. The van der Waals surface area contributed by atoms with Gasteiger partial charge in [0.05, 0.1) is 28.5 Å². The molecule has 4 fully saturated rings. The molecule has 1 aromatic rings. The Labute approximate surface area is 445 Å². The van der Waals surface area contributed by atoms with E-state index in [1.165, 1.54) is 60.7 Å². The molecular weight excluding hydrogens is 974 g/mol. The number of hydrogen-bond acceptors (Lipinski definition) is 12. The summed E-state index contributed by atoms with van der Waals surface area (Å²) >= 11 is 8.05. The number of carbonyl (C=O) groups is 7. The summed E-state index contributed by atoms with van der Waals surface area (Å²) < 4.78 is 23.9. The van der Waals surface area contributed by atoms with E-state index in [9.17, 15) is 38.7 Å². The van der Waals surface area contributed by atoms with Gasteiger partial charge in [0.2, 0.25) is 29.5 Å². The zero-order valence-electron chi connectivity index (χ0n) is 46.9. The number of fused-ring (bicyclic) bond motifs is 5. The molecule has 1 saturated carbocycles. The third-order valence-electron chi connectivity index (χ3n) is 14.4. The molecule has 0 radical (unpaired) electrons. The van der Waals surface area contributed by atoms with Gasteiger partial charge < -0.3 is 34.4 Å². The van der Waals surface area contributed by atoms with Gasteiger partial charge in [0, 0.05) is 71.8 Å². The van der Waals surface area contributed by atoms with Crippen LogP contribution in [0, 0.1) is 30.6 Å². The van der Waals surface area contributed by atoms with E-state index in [-0.39, 0.29) is 66.9 Å². The Morgan fingerprint density at radius 3 is 2.30 bits per heavy atom. The number of esters is 1. The summed E-state index contributed by atoms with van der Waals surface area (Å²) in [5, 5.41) is 16.8. The molecule has 410 valence electrons. The predicted molar refractivity (Wildman–Crippen MR) is 288 cm³/mol. The number of aliphatic hydroxyl groups is 1. The van der Waals surface area contributed by atoms with Crippen LogP contribution in [0.3, 0.4) is 0 Å². The maximum Gasteiger partial charge on any atom is 0.409 e. The summed E-state index contributed by atoms with van der Waals surface area (Å²) in [5.74, 6) is -2.77. The van der Waals surface area contributed by atoms with Crippen molar-refractivity contribution >= 4 is 70.6 Å². The highest BCUT2D eigenvalue weighted by atomic mass is 35.5. The number of allylic oxidation sites excluding steroid dienone is 3. The van der Waals surface area contributed by atoms with Gasteiger partial charge in [0.15, 0.2) is 0 Å². The number of likely N-dealkylation sites (N-methyl/N-ethyl adjacent to an activating group) is 1. The van der Waals surface area contributed by atoms with E-state index in [0.717, 1.165) is 29.5 Å². The Kier molecular flexibility index (Phi) is 23.4. The lowest BCUT2D eigenvalue weighted by atomic mass is 9.81. The predicted octanol–water partition coefficient (Wildman–Crippen LogP) is 8.71. The van der Waals surface area contributed by atoms with E-state index in [0.29, 0.717) is 36.5 Å². The van der Waals surface area contributed by atoms with Crippen LogP contribution in [-0.2, 0) is 49.4 Å². The Morgan fingerprint density at radius 2 is 1.68 bits per heavy atom. The number of ether oxygens (including phenoxy) is 3. The van der Waals surface area contributed by atoms with Crippen molar-refractivity contribution in [1.82, 2.24) is 20.4 Å². The van der Waals surface area contributed by atoms with Gasteiger partial charge in [-0.15, -0.1) is 11.8 Å². The van der Waals surface area contributed by atoms with Crippen molar-refractivity contribution in [3.05, 3.63) is 52.1 Å². The van der Waals surface area contributed by atoms with Crippen LogP contribution in [0.2, 0.25) is 5.02 Å². The Balaban J connectivity index is 0.00000170. The van der Waals surface area contributed by atoms with Gasteiger partial charge in [-0.25, -0.2) is 9.59 Å². The van der Waals surface area contributed by atoms with Crippen molar-refractivity contribution in [3.8, 4) is 0 Å². The fourth-order valence-corrected chi connectivity index (χ4v) is 11.0. The van der Waals surface area contributed by atoms with Gasteiger partial charge in [0.1, 0.15) is 29.6 Å². The zero-order chi connectivity index (χ0) is 55.8. The maximum absolute atomic E-state index is 14.3. The molecule has 9 atom stereocenters. The average molecular weight is 1060 g/mol. The third kappa shape index (κ3) is 16.0. The van der Waals surface area contributed by atoms with E-state index >= 15 is 0 Å². The second kappa shape index (κ2) is 27.9. The fourth-order valence-electron chi connectivity index (χ4n) is 9.67. The van der Waals surface area contributed by atoms with Crippen molar-refractivity contribution in [2.45, 2.75) is 188 Å². The molecular formula is C55H86ClN5O11S. The van der Waals surface area contributed by atoms with Gasteiger partial charge in [-0.2, -0.15) is 0 Å². The second-order valence-electron chi connectivity index (χ2n) is 20.6. The van der Waals surface area contributed by atoms with Crippen LogP contribution in [0.25, 0.3) is 0 Å². The van der Waals surface area contributed by atoms with Crippen LogP contribution < -0.4 is 15.5 Å². The quantitative estimate of drug-likeness (QED) is 0.114. The monoisotopic (exact) mass is 1060 g/mol. The lowest BCUT2D eigenvalue weighted by Crippen LogP contribution is -2.60. The molecule has 73 heavy (non-hydrogen) atoms. The van der Waals surface area contributed by atoms with Crippen LogP contribution in [0.1, 0.15) is 146 Å². The Morgan fingerprint density at radius 1 is 1.05 bits per heavy atom. The molecule has 4 heterocycles. The van der Waals surface area contributed by atoms with Crippen LogP contribution in [0.5, 0.6) is 0 Å². The van der Waals surface area contributed by atoms with Crippen molar-refractivity contribution < 1.29 is 54.2 Å². The smallest absolute Gasteiger partial charge is 0.409 e. The number of amides is 6. The highest BCUT2D eigenvalue weighted by Crippen LogP contribution is 2.49. The summed E-state index contributed by atoms with van der Waals surface area (Å²) in [7, 11) is 5.96. The van der Waals surface area contributed by atoms with Crippen molar-refractivity contribution in [3.63, 3.8) is 0 Å². The minimum Gasteiger partial charge on any atom is -0.457 e. The lowest BCUT2D eigenvalue weighted by Gasteiger charge is -2.41. The molecule has 16 nitrogen and oxygen atoms in total. The third-order valence-corrected chi connectivity index (χ3v) is 16.1. The van der Waals surface area contributed by atoms with E-state index < -0.39 is 70.7 Å². The highest BCUT2D eigenvalue weighted by Gasteiger charge is 2.64. The van der Waals surface area contributed by atoms with E-state index in [1.807, 2.05) is 51.1 Å². The molecule has 1 aromatic carbocycles. The van der Waals surface area contributed by atoms with E-state index in [1.54, 1.807) is 27.9 Å². The number of anilines is 1. The van der Waals surface area contributed by atoms with Crippen LogP contribution in [0.15, 0.2) is 35.9 Å². The summed E-state index contributed by atoms with van der Waals surface area (Å²) in [4.78, 5) is 97.0. The van der Waals surface area contributed by atoms with Crippen molar-refractivity contribution in [2.24, 2.45) is 23.7 Å². The van der Waals surface area contributed by atoms with Crippen molar-refractivity contribution in [1.29, 1.82) is 0 Å². The normalized spacial score (nSPS) is 30.8. The first kappa shape index (κ1) is 61.1. The number of aryl methyl sites for hydroxylation is 1. The fraction of sp³-hybridized carbons (Fsp3) is 0.691. The van der Waals surface area contributed by atoms with Crippen LogP contribution in [0.4, 0.5) is 10.5 Å². The first-order chi connectivity index (χ1) is 34.9. The summed E-state index contributed by atoms with van der Waals surface area (Å²) in [5.41, 5.74) is 0.279. The number of carbonyl (C=O) groups excluding carboxylic acids is 7. The number of hydrogen-bond donors (Lipinski definition) is 3. The molecule has 6 amide bonds. The summed E-state index contributed by atoms with van der Waals surface area (Å²) in [6.07, 6.45) is 7.91. The number of nitrogens with zero attached hydrogens (tertiary/aromatic N) is 3. The molecule has 1 unspecified atom stereocenters. The van der Waals surface area contributed by atoms with Gasteiger partial charge in [-0.1, -0.05) is 103 Å². The zero-order valence-corrected chi connectivity index (χ0v) is 47.5. The van der Waals surface area contributed by atoms with Crippen molar-refractivity contribution in [2.75, 3.05) is 38.3 Å². The second-order valence-corrected chi connectivity index (χ2v) is 22.2. The molecule has 4 aliphatic heterocycles. The molecule has 18 heteroatoms. The highest BCUT2D eigenvalue weighted by molar-refractivity contribution is 8.00. The number of nitrogens with one attached hydrogen (secondary N) is 2. The lowest BCUT2D eigenvalue weighted by molar-refractivity contribution is -0.162. The minimum absolute atomic E-state index is 0.0162. The number of alkyl carbamates (subject to hydrolysis) is 1. The minimum atomic E-state index is -1.64. The van der Waals surface area contributed by atoms with Crippen LogP contribution in [-0.4, -0.2) is 131 Å². The van der Waals surface area contributed by atoms with Gasteiger partial charge in [-0.3, -0.25) is 34.2 Å². The SMILES string of the molecule is CCC.CCC.CNC(=O)C1CCC(CN2C(=O)CC(SCCC(=O)N(C)[C@@H](C)C(=O)O[C@H]3CC(=O)N(C)c4cc(cc(C)c4Cl)C/C(C)=C/C=C/[C@@H](C)[C@@]4(O)C[C@H](OC(=O)N4)[C@@H](C)[C@@H]4O[C@@]34C)C2=O)CC1.[2H]C. The molecule has 4 bridgehead atoms. The molecule has 3 saturated heterocycles. The molecule has 5 aliphatic rings. The number of epoxide rings is 1. The Hall–Kier alpha value is -4.45. The number of imide groups is 1. The summed E-state index contributed by atoms with van der Waals surface area (Å²) in [6.45, 7) is 19.5. The average Bonchev–Trinajstić information content (AvgIpc) is 3.99. The number of halogens is 1. The largest absolute Gasteiger partial charge is 0.457 e. The number of rotatable bonds is 10.